The smallest absolute Gasteiger partial charge is 0.319 e. The number of benzene rings is 1. The summed E-state index contributed by atoms with van der Waals surface area (Å²) in [7, 11) is 3.47. The number of anilines is 1. The highest BCUT2D eigenvalue weighted by molar-refractivity contribution is 5.96. The lowest BCUT2D eigenvalue weighted by molar-refractivity contribution is -0.117. The molecule has 0 bridgehead atoms. The molecule has 1 aromatic rings. The number of carbonyl (C=O) groups is 2. The van der Waals surface area contributed by atoms with Crippen molar-refractivity contribution >= 4 is 17.6 Å². The summed E-state index contributed by atoms with van der Waals surface area (Å²) >= 11 is 0. The normalized spacial score (nSPS) is 24.4. The summed E-state index contributed by atoms with van der Waals surface area (Å²) < 4.78 is 13.0. The molecule has 22 heavy (non-hydrogen) atoms. The Bertz CT molecular complexity index is 602. The van der Waals surface area contributed by atoms with Crippen molar-refractivity contribution in [2.75, 3.05) is 38.6 Å². The molecule has 0 aromatic heterocycles. The minimum atomic E-state index is -0.311. The Kier molecular flexibility index (Phi) is 3.54. The van der Waals surface area contributed by atoms with Crippen LogP contribution < -0.4 is 4.90 Å². The van der Waals surface area contributed by atoms with Crippen LogP contribution in [0, 0.1) is 11.2 Å². The first-order valence-corrected chi connectivity index (χ1v) is 7.42. The molecule has 3 rings (SSSR count). The summed E-state index contributed by atoms with van der Waals surface area (Å²) in [5.74, 6) is -0.264. The second-order valence-electron chi connectivity index (χ2n) is 6.48. The molecule has 1 spiro atoms. The molecule has 2 aliphatic rings. The van der Waals surface area contributed by atoms with Crippen LogP contribution >= 0.6 is 0 Å². The molecule has 1 unspecified atom stereocenters. The molecule has 0 N–H and O–H groups in total. The minimum Gasteiger partial charge on any atom is -0.331 e. The third-order valence-corrected chi connectivity index (χ3v) is 4.55. The maximum Gasteiger partial charge on any atom is 0.319 e. The van der Waals surface area contributed by atoms with Crippen molar-refractivity contribution in [2.24, 2.45) is 5.41 Å². The summed E-state index contributed by atoms with van der Waals surface area (Å²) in [6, 6.07) is 5.98. The van der Waals surface area contributed by atoms with Gasteiger partial charge in [0.2, 0.25) is 5.91 Å². The number of rotatable bonds is 1. The second kappa shape index (κ2) is 5.26. The number of nitrogens with zero attached hydrogens (tertiary/aromatic N) is 3. The first-order valence-electron chi connectivity index (χ1n) is 7.42. The zero-order chi connectivity index (χ0) is 15.9. The van der Waals surface area contributed by atoms with Gasteiger partial charge in [0.1, 0.15) is 5.82 Å². The van der Waals surface area contributed by atoms with Gasteiger partial charge in [-0.25, -0.2) is 9.18 Å². The van der Waals surface area contributed by atoms with E-state index < -0.39 is 0 Å². The monoisotopic (exact) mass is 305 g/mol. The van der Waals surface area contributed by atoms with Gasteiger partial charge < -0.3 is 14.7 Å². The molecular weight excluding hydrogens is 285 g/mol. The average molecular weight is 305 g/mol. The number of likely N-dealkylation sites (tertiary alicyclic amines) is 1. The molecule has 1 atom stereocenters. The summed E-state index contributed by atoms with van der Waals surface area (Å²) in [5, 5.41) is 0. The molecule has 5 nitrogen and oxygen atoms in total. The van der Waals surface area contributed by atoms with E-state index in [1.54, 1.807) is 40.9 Å². The topological polar surface area (TPSA) is 43.9 Å². The summed E-state index contributed by atoms with van der Waals surface area (Å²) in [4.78, 5) is 29.5. The van der Waals surface area contributed by atoms with Crippen molar-refractivity contribution in [3.63, 3.8) is 0 Å². The molecule has 2 saturated heterocycles. The summed E-state index contributed by atoms with van der Waals surface area (Å²) in [6.45, 7) is 1.88. The number of amides is 3. The predicted octanol–water partition coefficient (Wildman–Crippen LogP) is 1.94. The van der Waals surface area contributed by atoms with Gasteiger partial charge in [-0.2, -0.15) is 0 Å². The first kappa shape index (κ1) is 14.8. The maximum absolute atomic E-state index is 13.0. The van der Waals surface area contributed by atoms with Crippen LogP contribution in [0.15, 0.2) is 24.3 Å². The van der Waals surface area contributed by atoms with Gasteiger partial charge in [0.25, 0.3) is 0 Å². The van der Waals surface area contributed by atoms with Crippen LogP contribution in [-0.2, 0) is 4.79 Å². The van der Waals surface area contributed by atoms with Crippen LogP contribution in [0.25, 0.3) is 0 Å². The third-order valence-electron chi connectivity index (χ3n) is 4.55. The Labute approximate surface area is 129 Å². The van der Waals surface area contributed by atoms with Crippen LogP contribution in [0.2, 0.25) is 0 Å². The Hall–Kier alpha value is -2.11. The number of hydrogen-bond acceptors (Lipinski definition) is 2. The van der Waals surface area contributed by atoms with Crippen molar-refractivity contribution in [2.45, 2.75) is 12.8 Å². The van der Waals surface area contributed by atoms with Gasteiger partial charge >= 0.3 is 6.03 Å². The average Bonchev–Trinajstić information content (AvgIpc) is 3.03. The molecule has 0 aliphatic carbocycles. The molecule has 0 saturated carbocycles. The van der Waals surface area contributed by atoms with Gasteiger partial charge in [-0.3, -0.25) is 4.79 Å². The van der Waals surface area contributed by atoms with E-state index in [0.29, 0.717) is 26.1 Å². The van der Waals surface area contributed by atoms with Crippen LogP contribution in [0.4, 0.5) is 14.9 Å². The van der Waals surface area contributed by atoms with Crippen molar-refractivity contribution < 1.29 is 14.0 Å². The van der Waals surface area contributed by atoms with E-state index in [1.165, 1.54) is 12.1 Å². The second-order valence-corrected chi connectivity index (χ2v) is 6.48. The highest BCUT2D eigenvalue weighted by Gasteiger charge is 2.48. The fraction of sp³-hybridized carbons (Fsp3) is 0.500. The zero-order valence-corrected chi connectivity index (χ0v) is 12.9. The molecule has 6 heteroatoms. The molecular formula is C16H20FN3O2. The fourth-order valence-electron chi connectivity index (χ4n) is 3.41. The molecule has 3 amide bonds. The van der Waals surface area contributed by atoms with Crippen LogP contribution in [0.3, 0.4) is 0 Å². The third kappa shape index (κ3) is 2.53. The summed E-state index contributed by atoms with van der Waals surface area (Å²) in [5.41, 5.74) is 0.553. The first-order chi connectivity index (χ1) is 10.4. The Balaban J connectivity index is 1.75. The molecule has 2 fully saturated rings. The van der Waals surface area contributed by atoms with Gasteiger partial charge in [0.15, 0.2) is 0 Å². The van der Waals surface area contributed by atoms with Crippen molar-refractivity contribution in [3.05, 3.63) is 30.1 Å². The highest BCUT2D eigenvalue weighted by atomic mass is 19.1. The van der Waals surface area contributed by atoms with Crippen LogP contribution in [0.1, 0.15) is 12.8 Å². The predicted molar refractivity (Wildman–Crippen MR) is 81.1 cm³/mol. The van der Waals surface area contributed by atoms with Crippen LogP contribution in [0.5, 0.6) is 0 Å². The van der Waals surface area contributed by atoms with E-state index in [4.69, 9.17) is 0 Å². The van der Waals surface area contributed by atoms with E-state index >= 15 is 0 Å². The molecule has 2 heterocycles. The molecule has 2 aliphatic heterocycles. The fourth-order valence-corrected chi connectivity index (χ4v) is 3.41. The molecule has 1 aromatic carbocycles. The Morgan fingerprint density at radius 2 is 1.91 bits per heavy atom. The Morgan fingerprint density at radius 3 is 2.55 bits per heavy atom. The Morgan fingerprint density at radius 1 is 1.23 bits per heavy atom. The van der Waals surface area contributed by atoms with E-state index in [2.05, 4.69) is 0 Å². The number of urea groups is 1. The van der Waals surface area contributed by atoms with Gasteiger partial charge in [0.05, 0.1) is 0 Å². The van der Waals surface area contributed by atoms with Crippen molar-refractivity contribution in [3.8, 4) is 0 Å². The standard InChI is InChI=1S/C16H20FN3O2/c1-18(2)15(22)19-8-7-16(10-19)9-14(21)20(11-16)13-5-3-12(17)4-6-13/h3-6H,7-11H2,1-2H3. The van der Waals surface area contributed by atoms with Crippen molar-refractivity contribution in [1.29, 1.82) is 0 Å². The van der Waals surface area contributed by atoms with Gasteiger partial charge in [-0.05, 0) is 30.7 Å². The number of halogens is 1. The lowest BCUT2D eigenvalue weighted by atomic mass is 9.86. The largest absolute Gasteiger partial charge is 0.331 e. The van der Waals surface area contributed by atoms with E-state index in [0.717, 1.165) is 12.1 Å². The highest BCUT2D eigenvalue weighted by Crippen LogP contribution is 2.41. The SMILES string of the molecule is CN(C)C(=O)N1CCC2(CC(=O)N(c3ccc(F)cc3)C2)C1. The van der Waals surface area contributed by atoms with Crippen molar-refractivity contribution in [1.82, 2.24) is 9.80 Å². The van der Waals surface area contributed by atoms with Gasteiger partial charge in [-0.1, -0.05) is 0 Å². The van der Waals surface area contributed by atoms with Crippen LogP contribution in [-0.4, -0.2) is 55.5 Å². The number of carbonyl (C=O) groups excluding carboxylic acids is 2. The lowest BCUT2D eigenvalue weighted by Crippen LogP contribution is -2.39. The summed E-state index contributed by atoms with van der Waals surface area (Å²) in [6.07, 6.45) is 1.28. The quantitative estimate of drug-likeness (QED) is 0.796. The van der Waals surface area contributed by atoms with E-state index in [-0.39, 0.29) is 23.2 Å². The van der Waals surface area contributed by atoms with E-state index in [1.807, 2.05) is 0 Å². The van der Waals surface area contributed by atoms with Gasteiger partial charge in [-0.15, -0.1) is 0 Å². The number of hydrogen-bond donors (Lipinski definition) is 0. The van der Waals surface area contributed by atoms with E-state index in [9.17, 15) is 14.0 Å². The molecule has 118 valence electrons. The minimum absolute atomic E-state index is 0.00967. The maximum atomic E-state index is 13.0. The molecule has 0 radical (unpaired) electrons. The van der Waals surface area contributed by atoms with Gasteiger partial charge in [0, 0.05) is 51.3 Å². The zero-order valence-electron chi connectivity index (χ0n) is 12.9. The lowest BCUT2D eigenvalue weighted by Gasteiger charge is -2.25.